The lowest BCUT2D eigenvalue weighted by molar-refractivity contribution is 1.53. The molecule has 0 nitrogen and oxygen atoms in total. The van der Waals surface area contributed by atoms with Crippen molar-refractivity contribution in [3.63, 3.8) is 0 Å². The van der Waals surface area contributed by atoms with Gasteiger partial charge >= 0.3 is 0 Å². The molecule has 0 fully saturated rings. The van der Waals surface area contributed by atoms with Crippen molar-refractivity contribution in [1.29, 1.82) is 0 Å². The van der Waals surface area contributed by atoms with Gasteiger partial charge in [0.15, 0.2) is 0 Å². The SMILES string of the molecule is CCS/C=C/CCl. The Labute approximate surface area is 53.9 Å². The van der Waals surface area contributed by atoms with E-state index in [-0.39, 0.29) is 0 Å². The van der Waals surface area contributed by atoms with E-state index in [9.17, 15) is 0 Å². The van der Waals surface area contributed by atoms with Gasteiger partial charge in [-0.05, 0) is 11.2 Å². The summed E-state index contributed by atoms with van der Waals surface area (Å²) in [6.07, 6.45) is 1.94. The maximum Gasteiger partial charge on any atom is 0.0412 e. The van der Waals surface area contributed by atoms with Gasteiger partial charge in [-0.15, -0.1) is 23.4 Å². The van der Waals surface area contributed by atoms with Crippen molar-refractivity contribution in [1.82, 2.24) is 0 Å². The van der Waals surface area contributed by atoms with Crippen LogP contribution in [0.15, 0.2) is 11.5 Å². The van der Waals surface area contributed by atoms with Gasteiger partial charge in [0.1, 0.15) is 0 Å². The van der Waals surface area contributed by atoms with E-state index < -0.39 is 0 Å². The van der Waals surface area contributed by atoms with Crippen molar-refractivity contribution in [3.05, 3.63) is 11.5 Å². The van der Waals surface area contributed by atoms with E-state index in [1.54, 1.807) is 11.8 Å². The summed E-state index contributed by atoms with van der Waals surface area (Å²) in [5.74, 6) is 1.76. The van der Waals surface area contributed by atoms with Gasteiger partial charge < -0.3 is 0 Å². The van der Waals surface area contributed by atoms with Crippen molar-refractivity contribution in [3.8, 4) is 0 Å². The molecule has 0 aromatic heterocycles. The highest BCUT2D eigenvalue weighted by Gasteiger charge is 1.68. The van der Waals surface area contributed by atoms with Crippen LogP contribution < -0.4 is 0 Å². The number of hydrogen-bond donors (Lipinski definition) is 0. The fourth-order valence-corrected chi connectivity index (χ4v) is 0.820. The lowest BCUT2D eigenvalue weighted by Crippen LogP contribution is -1.59. The van der Waals surface area contributed by atoms with E-state index in [1.807, 2.05) is 11.5 Å². The Hall–Kier alpha value is 0.380. The van der Waals surface area contributed by atoms with E-state index in [4.69, 9.17) is 11.6 Å². The van der Waals surface area contributed by atoms with Crippen LogP contribution in [0.5, 0.6) is 0 Å². The molecule has 0 heterocycles. The number of hydrogen-bond acceptors (Lipinski definition) is 1. The molecular formula is C5H9ClS. The maximum atomic E-state index is 5.34. The monoisotopic (exact) mass is 136 g/mol. The number of alkyl halides is 1. The van der Waals surface area contributed by atoms with Crippen LogP contribution in [-0.2, 0) is 0 Å². The summed E-state index contributed by atoms with van der Waals surface area (Å²) >= 11 is 7.10. The summed E-state index contributed by atoms with van der Waals surface area (Å²) in [5.41, 5.74) is 0. The van der Waals surface area contributed by atoms with Crippen LogP contribution >= 0.6 is 23.4 Å². The zero-order valence-corrected chi connectivity index (χ0v) is 5.93. The molecule has 0 aromatic carbocycles. The molecule has 0 radical (unpaired) electrons. The highest BCUT2D eigenvalue weighted by Crippen LogP contribution is 1.99. The first-order valence-electron chi connectivity index (χ1n) is 2.24. The molecule has 0 unspecified atom stereocenters. The Balaban J connectivity index is 2.78. The largest absolute Gasteiger partial charge is 0.135 e. The Kier molecular flexibility index (Phi) is 6.73. The maximum absolute atomic E-state index is 5.34. The molecule has 0 aliphatic carbocycles. The summed E-state index contributed by atoms with van der Waals surface area (Å²) in [6, 6.07) is 0. The number of rotatable bonds is 3. The van der Waals surface area contributed by atoms with Crippen LogP contribution in [0.4, 0.5) is 0 Å². The topological polar surface area (TPSA) is 0 Å². The van der Waals surface area contributed by atoms with Crippen LogP contribution in [0.1, 0.15) is 6.92 Å². The first-order valence-corrected chi connectivity index (χ1v) is 3.82. The van der Waals surface area contributed by atoms with Crippen LogP contribution in [0.3, 0.4) is 0 Å². The van der Waals surface area contributed by atoms with Crippen molar-refractivity contribution < 1.29 is 0 Å². The smallest absolute Gasteiger partial charge is 0.0412 e. The fraction of sp³-hybridized carbons (Fsp3) is 0.600. The van der Waals surface area contributed by atoms with Gasteiger partial charge in [-0.2, -0.15) is 0 Å². The zero-order valence-electron chi connectivity index (χ0n) is 4.36. The average Bonchev–Trinajstić information content (AvgIpc) is 1.69. The van der Waals surface area contributed by atoms with Crippen LogP contribution in [0, 0.1) is 0 Å². The second kappa shape index (κ2) is 6.38. The van der Waals surface area contributed by atoms with Gasteiger partial charge in [-0.25, -0.2) is 0 Å². The molecule has 0 saturated heterocycles. The second-order valence-corrected chi connectivity index (χ2v) is 2.47. The summed E-state index contributed by atoms with van der Waals surface area (Å²) in [7, 11) is 0. The highest BCUT2D eigenvalue weighted by molar-refractivity contribution is 8.02. The van der Waals surface area contributed by atoms with Gasteiger partial charge in [0.2, 0.25) is 0 Å². The van der Waals surface area contributed by atoms with E-state index >= 15 is 0 Å². The summed E-state index contributed by atoms with van der Waals surface area (Å²) < 4.78 is 0. The molecule has 0 spiro atoms. The number of halogens is 1. The first kappa shape index (κ1) is 7.38. The lowest BCUT2D eigenvalue weighted by atomic mass is 10.8. The van der Waals surface area contributed by atoms with E-state index in [2.05, 4.69) is 6.92 Å². The molecule has 0 bridgehead atoms. The molecular weight excluding hydrogens is 128 g/mol. The van der Waals surface area contributed by atoms with Gasteiger partial charge in [0, 0.05) is 5.88 Å². The second-order valence-electron chi connectivity index (χ2n) is 0.981. The molecule has 0 aliphatic heterocycles. The normalized spacial score (nSPS) is 10.6. The molecule has 7 heavy (non-hydrogen) atoms. The molecule has 0 atom stereocenters. The van der Waals surface area contributed by atoms with Crippen molar-refractivity contribution in [2.24, 2.45) is 0 Å². The summed E-state index contributed by atoms with van der Waals surface area (Å²) in [5, 5.41) is 2.02. The molecule has 0 aliphatic rings. The van der Waals surface area contributed by atoms with E-state index in [0.29, 0.717) is 5.88 Å². The Morgan fingerprint density at radius 1 is 1.71 bits per heavy atom. The van der Waals surface area contributed by atoms with Crippen molar-refractivity contribution in [2.45, 2.75) is 6.92 Å². The zero-order chi connectivity index (χ0) is 5.54. The van der Waals surface area contributed by atoms with Crippen LogP contribution in [0.2, 0.25) is 0 Å². The van der Waals surface area contributed by atoms with Gasteiger partial charge in [-0.1, -0.05) is 13.0 Å². The summed E-state index contributed by atoms with van der Waals surface area (Å²) in [4.78, 5) is 0. The highest BCUT2D eigenvalue weighted by atomic mass is 35.5. The third-order valence-electron chi connectivity index (χ3n) is 0.448. The lowest BCUT2D eigenvalue weighted by Gasteiger charge is -1.79. The van der Waals surface area contributed by atoms with Crippen molar-refractivity contribution >= 4 is 23.4 Å². The first-order chi connectivity index (χ1) is 3.41. The number of thioether (sulfide) groups is 1. The van der Waals surface area contributed by atoms with E-state index in [0.717, 1.165) is 5.75 Å². The van der Waals surface area contributed by atoms with Gasteiger partial charge in [-0.3, -0.25) is 0 Å². The minimum atomic E-state index is 0.632. The molecule has 0 amide bonds. The Morgan fingerprint density at radius 2 is 2.43 bits per heavy atom. The van der Waals surface area contributed by atoms with Crippen molar-refractivity contribution in [2.75, 3.05) is 11.6 Å². The standard InChI is InChI=1S/C5H9ClS/c1-2-7-5-3-4-6/h3,5H,2,4H2,1H3/b5-3+. The quantitative estimate of drug-likeness (QED) is 0.538. The predicted octanol–water partition coefficient (Wildman–Crippen LogP) is 2.49. The Morgan fingerprint density at radius 3 is 2.86 bits per heavy atom. The molecule has 0 aromatic rings. The predicted molar refractivity (Wildman–Crippen MR) is 38.0 cm³/mol. The van der Waals surface area contributed by atoms with E-state index in [1.165, 1.54) is 0 Å². The molecule has 2 heteroatoms. The third kappa shape index (κ3) is 6.38. The third-order valence-corrected chi connectivity index (χ3v) is 1.34. The number of allylic oxidation sites excluding steroid dienone is 1. The molecule has 0 saturated carbocycles. The Bertz CT molecular complexity index is 52.0. The van der Waals surface area contributed by atoms with Crippen LogP contribution in [0.25, 0.3) is 0 Å². The van der Waals surface area contributed by atoms with Gasteiger partial charge in [0.05, 0.1) is 0 Å². The van der Waals surface area contributed by atoms with Crippen LogP contribution in [-0.4, -0.2) is 11.6 Å². The minimum Gasteiger partial charge on any atom is -0.135 e. The average molecular weight is 137 g/mol. The minimum absolute atomic E-state index is 0.632. The molecule has 0 N–H and O–H groups in total. The van der Waals surface area contributed by atoms with Gasteiger partial charge in [0.25, 0.3) is 0 Å². The molecule has 0 rings (SSSR count). The summed E-state index contributed by atoms with van der Waals surface area (Å²) in [6.45, 7) is 2.11. The fourth-order valence-electron chi connectivity index (χ4n) is 0.201. The molecule has 42 valence electrons.